The maximum Gasteiger partial charge on any atom is 0.256 e. The minimum Gasteiger partial charge on any atom is -0.396 e. The van der Waals surface area contributed by atoms with Crippen LogP contribution in [0.25, 0.3) is 0 Å². The molecular formula is C14H17Cl2NO3. The third kappa shape index (κ3) is 3.64. The molecule has 1 aromatic rings. The fourth-order valence-corrected chi connectivity index (χ4v) is 3.04. The molecule has 4 nitrogen and oxygen atoms in total. The zero-order valence-corrected chi connectivity index (χ0v) is 12.4. The zero-order chi connectivity index (χ0) is 14.7. The number of nitrogens with zero attached hydrogens (tertiary/aromatic N) is 1. The van der Waals surface area contributed by atoms with Crippen LogP contribution in [-0.4, -0.2) is 40.7 Å². The Morgan fingerprint density at radius 3 is 2.60 bits per heavy atom. The second-order valence-corrected chi connectivity index (χ2v) is 5.93. The quantitative estimate of drug-likeness (QED) is 0.895. The number of hydrogen-bond donors (Lipinski definition) is 2. The van der Waals surface area contributed by atoms with E-state index in [1.807, 2.05) is 0 Å². The Morgan fingerprint density at radius 1 is 1.35 bits per heavy atom. The Hall–Kier alpha value is -0.810. The summed E-state index contributed by atoms with van der Waals surface area (Å²) in [6.45, 7) is 1.30. The van der Waals surface area contributed by atoms with Crippen molar-refractivity contribution in [3.63, 3.8) is 0 Å². The Morgan fingerprint density at radius 2 is 2.00 bits per heavy atom. The average Bonchev–Trinajstić information content (AvgIpc) is 2.85. The predicted octanol–water partition coefficient (Wildman–Crippen LogP) is 2.26. The molecule has 0 unspecified atom stereocenters. The van der Waals surface area contributed by atoms with Gasteiger partial charge in [-0.05, 0) is 42.5 Å². The average molecular weight is 318 g/mol. The van der Waals surface area contributed by atoms with E-state index in [9.17, 15) is 9.90 Å². The van der Waals surface area contributed by atoms with E-state index in [1.165, 1.54) is 12.1 Å². The molecule has 1 aromatic carbocycles. The van der Waals surface area contributed by atoms with Crippen LogP contribution in [0.5, 0.6) is 0 Å². The monoisotopic (exact) mass is 317 g/mol. The van der Waals surface area contributed by atoms with E-state index in [4.69, 9.17) is 28.3 Å². The van der Waals surface area contributed by atoms with Gasteiger partial charge in [0.1, 0.15) is 0 Å². The lowest BCUT2D eigenvalue weighted by atomic mass is 10.1. The molecule has 2 N–H and O–H groups in total. The van der Waals surface area contributed by atoms with Gasteiger partial charge in [0.15, 0.2) is 6.10 Å². The van der Waals surface area contributed by atoms with Crippen molar-refractivity contribution >= 4 is 29.1 Å². The lowest BCUT2D eigenvalue weighted by molar-refractivity contribution is -0.139. The summed E-state index contributed by atoms with van der Waals surface area (Å²) in [5.74, 6) is -0.0390. The fourth-order valence-electron chi connectivity index (χ4n) is 2.50. The van der Waals surface area contributed by atoms with Gasteiger partial charge in [-0.3, -0.25) is 4.79 Å². The summed E-state index contributed by atoms with van der Waals surface area (Å²) >= 11 is 11.7. The van der Waals surface area contributed by atoms with Gasteiger partial charge in [-0.2, -0.15) is 0 Å². The number of aliphatic hydroxyl groups excluding tert-OH is 2. The second kappa shape index (κ2) is 6.76. The number of halogens is 2. The van der Waals surface area contributed by atoms with Crippen molar-refractivity contribution in [3.8, 4) is 0 Å². The number of carbonyl (C=O) groups excluding carboxylic acids is 1. The molecule has 1 amide bonds. The summed E-state index contributed by atoms with van der Waals surface area (Å²) in [6.07, 6.45) is 0.289. The Kier molecular flexibility index (Phi) is 5.27. The van der Waals surface area contributed by atoms with Gasteiger partial charge in [0, 0.05) is 29.7 Å². The highest BCUT2D eigenvalue weighted by Gasteiger charge is 2.30. The first-order chi connectivity index (χ1) is 9.51. The predicted molar refractivity (Wildman–Crippen MR) is 77.8 cm³/mol. The Labute approximate surface area is 127 Å². The van der Waals surface area contributed by atoms with E-state index >= 15 is 0 Å². The lowest BCUT2D eigenvalue weighted by Crippen LogP contribution is -2.33. The largest absolute Gasteiger partial charge is 0.396 e. The molecular weight excluding hydrogens is 301 g/mol. The smallest absolute Gasteiger partial charge is 0.256 e. The highest BCUT2D eigenvalue weighted by Crippen LogP contribution is 2.27. The third-order valence-electron chi connectivity index (χ3n) is 3.57. The Bertz CT molecular complexity index is 475. The normalized spacial score (nSPS) is 20.2. The van der Waals surface area contributed by atoms with Gasteiger partial charge in [0.25, 0.3) is 5.91 Å². The van der Waals surface area contributed by atoms with Crippen LogP contribution in [0.1, 0.15) is 24.5 Å². The molecule has 0 aliphatic carbocycles. The number of hydrogen-bond acceptors (Lipinski definition) is 3. The molecule has 20 heavy (non-hydrogen) atoms. The van der Waals surface area contributed by atoms with E-state index in [0.717, 1.165) is 6.42 Å². The summed E-state index contributed by atoms with van der Waals surface area (Å²) < 4.78 is 0. The van der Waals surface area contributed by atoms with E-state index in [1.54, 1.807) is 11.0 Å². The molecule has 2 rings (SSSR count). The van der Waals surface area contributed by atoms with Crippen molar-refractivity contribution in [2.45, 2.75) is 18.9 Å². The Balaban J connectivity index is 2.05. The number of benzene rings is 1. The second-order valence-electron chi connectivity index (χ2n) is 5.06. The summed E-state index contributed by atoms with van der Waals surface area (Å²) in [4.78, 5) is 13.9. The molecule has 0 bridgehead atoms. The third-order valence-corrected chi connectivity index (χ3v) is 4.01. The molecule has 1 fully saturated rings. The van der Waals surface area contributed by atoms with Gasteiger partial charge in [-0.25, -0.2) is 0 Å². The molecule has 0 spiro atoms. The first-order valence-corrected chi connectivity index (χ1v) is 7.30. The van der Waals surface area contributed by atoms with Crippen LogP contribution in [0, 0.1) is 5.92 Å². The van der Waals surface area contributed by atoms with E-state index in [2.05, 4.69) is 0 Å². The van der Waals surface area contributed by atoms with Gasteiger partial charge in [0.2, 0.25) is 0 Å². The lowest BCUT2D eigenvalue weighted by Gasteiger charge is -2.20. The minimum absolute atomic E-state index is 0.124. The molecule has 6 heteroatoms. The molecule has 0 aromatic heterocycles. The highest BCUT2D eigenvalue weighted by atomic mass is 35.5. The first kappa shape index (κ1) is 15.6. The number of rotatable bonds is 4. The van der Waals surface area contributed by atoms with Gasteiger partial charge in [0.05, 0.1) is 0 Å². The topological polar surface area (TPSA) is 60.8 Å². The summed E-state index contributed by atoms with van der Waals surface area (Å²) in [5.41, 5.74) is 0.401. The number of carbonyl (C=O) groups is 1. The molecule has 0 radical (unpaired) electrons. The van der Waals surface area contributed by atoms with Crippen molar-refractivity contribution in [1.82, 2.24) is 4.90 Å². The van der Waals surface area contributed by atoms with E-state index in [0.29, 0.717) is 41.0 Å². The van der Waals surface area contributed by atoms with Crippen LogP contribution >= 0.6 is 23.2 Å². The van der Waals surface area contributed by atoms with Crippen molar-refractivity contribution in [2.24, 2.45) is 5.92 Å². The number of aliphatic hydroxyl groups is 2. The molecule has 1 saturated heterocycles. The minimum atomic E-state index is -1.25. The maximum absolute atomic E-state index is 12.2. The van der Waals surface area contributed by atoms with Crippen LogP contribution in [0.2, 0.25) is 10.0 Å². The standard InChI is InChI=1S/C14H17Cl2NO3/c15-11-5-10(6-12(16)7-11)13(19)14(20)17-3-1-9(8-17)2-4-18/h5-7,9,13,18-19H,1-4,8H2/t9-,13+/m1/s1. The van der Waals surface area contributed by atoms with Crippen LogP contribution in [0.4, 0.5) is 0 Å². The first-order valence-electron chi connectivity index (χ1n) is 6.55. The van der Waals surface area contributed by atoms with Crippen molar-refractivity contribution < 1.29 is 15.0 Å². The molecule has 1 aliphatic heterocycles. The van der Waals surface area contributed by atoms with Gasteiger partial charge < -0.3 is 15.1 Å². The van der Waals surface area contributed by atoms with E-state index in [-0.39, 0.29) is 12.5 Å². The van der Waals surface area contributed by atoms with Crippen molar-refractivity contribution in [1.29, 1.82) is 0 Å². The summed E-state index contributed by atoms with van der Waals surface area (Å²) in [7, 11) is 0. The SMILES string of the molecule is O=C([C@@H](O)c1cc(Cl)cc(Cl)c1)N1CC[C@H](CCO)C1. The maximum atomic E-state index is 12.2. The van der Waals surface area contributed by atoms with Crippen LogP contribution in [0.15, 0.2) is 18.2 Å². The molecule has 1 heterocycles. The van der Waals surface area contributed by atoms with Gasteiger partial charge in [-0.15, -0.1) is 0 Å². The number of amides is 1. The van der Waals surface area contributed by atoms with Crippen molar-refractivity contribution in [3.05, 3.63) is 33.8 Å². The van der Waals surface area contributed by atoms with Crippen LogP contribution in [-0.2, 0) is 4.79 Å². The van der Waals surface area contributed by atoms with Crippen molar-refractivity contribution in [2.75, 3.05) is 19.7 Å². The summed E-state index contributed by atoms with van der Waals surface area (Å²) in [6, 6.07) is 4.63. The van der Waals surface area contributed by atoms with Gasteiger partial charge in [-0.1, -0.05) is 23.2 Å². The summed E-state index contributed by atoms with van der Waals surface area (Å²) in [5, 5.41) is 19.9. The molecule has 110 valence electrons. The zero-order valence-electron chi connectivity index (χ0n) is 10.9. The molecule has 1 aliphatic rings. The van der Waals surface area contributed by atoms with Crippen LogP contribution < -0.4 is 0 Å². The molecule has 0 saturated carbocycles. The van der Waals surface area contributed by atoms with Gasteiger partial charge >= 0.3 is 0 Å². The molecule has 2 atom stereocenters. The highest BCUT2D eigenvalue weighted by molar-refractivity contribution is 6.34. The fraction of sp³-hybridized carbons (Fsp3) is 0.500. The van der Waals surface area contributed by atoms with E-state index < -0.39 is 6.10 Å². The van der Waals surface area contributed by atoms with Crippen LogP contribution in [0.3, 0.4) is 0 Å². The number of likely N-dealkylation sites (tertiary alicyclic amines) is 1.